The van der Waals surface area contributed by atoms with Crippen LogP contribution in [0.1, 0.15) is 41.3 Å². The molecule has 3 unspecified atom stereocenters. The van der Waals surface area contributed by atoms with Crippen molar-refractivity contribution in [2.75, 3.05) is 25.1 Å². The highest BCUT2D eigenvalue weighted by atomic mass is 35.5. The Kier molecular flexibility index (Phi) is 9.64. The summed E-state index contributed by atoms with van der Waals surface area (Å²) in [5, 5.41) is 24.8. The van der Waals surface area contributed by atoms with Crippen LogP contribution in [0.2, 0.25) is 5.02 Å². The van der Waals surface area contributed by atoms with Crippen LogP contribution in [-0.4, -0.2) is 73.3 Å². The fourth-order valence-electron chi connectivity index (χ4n) is 5.27. The van der Waals surface area contributed by atoms with E-state index < -0.39 is 13.2 Å². The predicted molar refractivity (Wildman–Crippen MR) is 167 cm³/mol. The zero-order chi connectivity index (χ0) is 30.5. The van der Waals surface area contributed by atoms with Crippen molar-refractivity contribution >= 4 is 47.4 Å². The van der Waals surface area contributed by atoms with E-state index in [2.05, 4.69) is 26.4 Å². The minimum atomic E-state index is -1.58. The van der Waals surface area contributed by atoms with Crippen molar-refractivity contribution in [3.8, 4) is 5.75 Å². The van der Waals surface area contributed by atoms with Gasteiger partial charge in [0.05, 0.1) is 31.4 Å². The van der Waals surface area contributed by atoms with Crippen LogP contribution in [-0.2, 0) is 4.79 Å². The number of amides is 2. The van der Waals surface area contributed by atoms with E-state index in [4.69, 9.17) is 21.3 Å². The molecule has 3 aromatic rings. The lowest BCUT2D eigenvalue weighted by atomic mass is 9.80. The molecule has 3 atom stereocenters. The minimum absolute atomic E-state index is 0.0593. The molecule has 11 nitrogen and oxygen atoms in total. The van der Waals surface area contributed by atoms with Crippen molar-refractivity contribution in [2.45, 2.75) is 38.1 Å². The first-order valence-electron chi connectivity index (χ1n) is 14.1. The standard InChI is InChI=1S/C30H34BClN6O5/c1-18-36-37-29-25(17-27(39)33-14-3-15-34-30(40)20-4-8-21(9-5-20)31(41)42)35-28(19-6-10-22(32)11-7-19)24-16-23(43-2)12-13-26(24)38(18)29/h4-13,16,18,25,29,36-37,41-42H,3,14-15,17H2,1-2H3,(H,33,39)(H,34,40). The number of benzene rings is 3. The van der Waals surface area contributed by atoms with Gasteiger partial charge in [-0.2, -0.15) is 0 Å². The third-order valence-corrected chi connectivity index (χ3v) is 7.75. The lowest BCUT2D eigenvalue weighted by molar-refractivity contribution is -0.121. The molecule has 13 heteroatoms. The summed E-state index contributed by atoms with van der Waals surface area (Å²) in [5.74, 6) is 0.269. The van der Waals surface area contributed by atoms with Crippen molar-refractivity contribution < 1.29 is 24.4 Å². The maximum atomic E-state index is 13.1. The van der Waals surface area contributed by atoms with Crippen molar-refractivity contribution in [1.82, 2.24) is 21.5 Å². The van der Waals surface area contributed by atoms with Gasteiger partial charge in [-0.05, 0) is 61.3 Å². The zero-order valence-electron chi connectivity index (χ0n) is 23.9. The van der Waals surface area contributed by atoms with Gasteiger partial charge in [0.25, 0.3) is 5.91 Å². The van der Waals surface area contributed by atoms with Gasteiger partial charge in [-0.25, -0.2) is 10.9 Å². The summed E-state index contributed by atoms with van der Waals surface area (Å²) in [4.78, 5) is 32.9. The molecule has 5 rings (SSSR count). The Morgan fingerprint density at radius 1 is 1.02 bits per heavy atom. The van der Waals surface area contributed by atoms with Crippen LogP contribution >= 0.6 is 11.6 Å². The number of methoxy groups -OCH3 is 1. The summed E-state index contributed by atoms with van der Waals surface area (Å²) in [6, 6.07) is 19.0. The van der Waals surface area contributed by atoms with Crippen molar-refractivity contribution in [1.29, 1.82) is 0 Å². The molecule has 2 aliphatic rings. The number of carbonyl (C=O) groups is 2. The Bertz CT molecular complexity index is 1490. The van der Waals surface area contributed by atoms with E-state index in [0.717, 1.165) is 22.5 Å². The Labute approximate surface area is 255 Å². The average Bonchev–Trinajstić information content (AvgIpc) is 3.33. The third-order valence-electron chi connectivity index (χ3n) is 7.50. The van der Waals surface area contributed by atoms with Gasteiger partial charge in [0.2, 0.25) is 5.91 Å². The number of hydrogen-bond acceptors (Lipinski definition) is 9. The number of nitrogens with one attached hydrogen (secondary N) is 4. The van der Waals surface area contributed by atoms with Gasteiger partial charge in [-0.3, -0.25) is 14.6 Å². The molecule has 0 aliphatic carbocycles. The van der Waals surface area contributed by atoms with Crippen LogP contribution in [0.15, 0.2) is 71.7 Å². The van der Waals surface area contributed by atoms with Gasteiger partial charge in [0.1, 0.15) is 11.9 Å². The maximum Gasteiger partial charge on any atom is 0.488 e. The minimum Gasteiger partial charge on any atom is -0.497 e. The molecule has 1 saturated heterocycles. The number of aliphatic imine (C=N–C) groups is 1. The second kappa shape index (κ2) is 13.6. The normalized spacial score (nSPS) is 19.0. The molecule has 6 N–H and O–H groups in total. The first-order valence-corrected chi connectivity index (χ1v) is 14.5. The van der Waals surface area contributed by atoms with E-state index in [1.807, 2.05) is 49.4 Å². The topological polar surface area (TPSA) is 148 Å². The Morgan fingerprint density at radius 3 is 2.44 bits per heavy atom. The first-order chi connectivity index (χ1) is 20.7. The van der Waals surface area contributed by atoms with Gasteiger partial charge in [-0.1, -0.05) is 35.9 Å². The summed E-state index contributed by atoms with van der Waals surface area (Å²) >= 11 is 6.18. The number of fused-ring (bicyclic) bond motifs is 3. The van der Waals surface area contributed by atoms with Gasteiger partial charge in [-0.15, -0.1) is 0 Å². The van der Waals surface area contributed by atoms with Gasteiger partial charge < -0.3 is 30.3 Å². The monoisotopic (exact) mass is 604 g/mol. The van der Waals surface area contributed by atoms with E-state index >= 15 is 0 Å². The Balaban J connectivity index is 1.26. The van der Waals surface area contributed by atoms with Gasteiger partial charge >= 0.3 is 7.12 Å². The van der Waals surface area contributed by atoms with Gasteiger partial charge in [0, 0.05) is 40.5 Å². The molecule has 43 heavy (non-hydrogen) atoms. The largest absolute Gasteiger partial charge is 0.497 e. The second-order valence-corrected chi connectivity index (χ2v) is 10.8. The average molecular weight is 605 g/mol. The molecule has 1 fully saturated rings. The maximum absolute atomic E-state index is 13.1. The number of hydrogen-bond donors (Lipinski definition) is 6. The number of carbonyl (C=O) groups excluding carboxylic acids is 2. The van der Waals surface area contributed by atoms with Gasteiger partial charge in [0.15, 0.2) is 0 Å². The molecule has 3 aromatic carbocycles. The number of ether oxygens (including phenoxy) is 1. The fraction of sp³-hybridized carbons (Fsp3) is 0.300. The molecule has 0 spiro atoms. The summed E-state index contributed by atoms with van der Waals surface area (Å²) in [7, 11) is 0.0430. The highest BCUT2D eigenvalue weighted by Crippen LogP contribution is 2.36. The fourth-order valence-corrected chi connectivity index (χ4v) is 5.40. The lowest BCUT2D eigenvalue weighted by Gasteiger charge is -2.31. The Hall–Kier alpha value is -3.94. The third kappa shape index (κ3) is 7.01. The van der Waals surface area contributed by atoms with E-state index in [1.165, 1.54) is 24.3 Å². The highest BCUT2D eigenvalue weighted by Gasteiger charge is 2.40. The van der Waals surface area contributed by atoms with Crippen LogP contribution in [0.3, 0.4) is 0 Å². The first kappa shape index (κ1) is 30.5. The molecular weight excluding hydrogens is 571 g/mol. The number of halogens is 1. The van der Waals surface area contributed by atoms with Crippen LogP contribution < -0.4 is 36.6 Å². The second-order valence-electron chi connectivity index (χ2n) is 10.4. The molecule has 0 bridgehead atoms. The van der Waals surface area contributed by atoms with Crippen molar-refractivity contribution in [2.24, 2.45) is 4.99 Å². The van der Waals surface area contributed by atoms with E-state index in [0.29, 0.717) is 41.3 Å². The lowest BCUT2D eigenvalue weighted by Crippen LogP contribution is -2.47. The van der Waals surface area contributed by atoms with Crippen LogP contribution in [0.4, 0.5) is 5.69 Å². The SMILES string of the molecule is COc1ccc2c(c1)C(c1ccc(Cl)cc1)=NC(CC(=O)NCCCNC(=O)c1ccc(B(O)O)cc1)C1NNC(C)N21. The number of rotatable bonds is 10. The van der Waals surface area contributed by atoms with Crippen molar-refractivity contribution in [3.63, 3.8) is 0 Å². The Morgan fingerprint density at radius 2 is 1.74 bits per heavy atom. The molecular formula is C30H34BClN6O5. The summed E-state index contributed by atoms with van der Waals surface area (Å²) < 4.78 is 5.54. The van der Waals surface area contributed by atoms with Crippen LogP contribution in [0, 0.1) is 0 Å². The molecule has 0 saturated carbocycles. The highest BCUT2D eigenvalue weighted by molar-refractivity contribution is 6.58. The summed E-state index contributed by atoms with van der Waals surface area (Å²) in [6.07, 6.45) is 0.332. The molecule has 2 amide bonds. The molecule has 2 aliphatic heterocycles. The molecule has 2 heterocycles. The van der Waals surface area contributed by atoms with E-state index in [1.54, 1.807) is 7.11 Å². The number of nitrogens with zero attached hydrogens (tertiary/aromatic N) is 2. The quantitative estimate of drug-likeness (QED) is 0.149. The zero-order valence-corrected chi connectivity index (χ0v) is 24.6. The van der Waals surface area contributed by atoms with Crippen LogP contribution in [0.25, 0.3) is 0 Å². The smallest absolute Gasteiger partial charge is 0.488 e. The van der Waals surface area contributed by atoms with E-state index in [-0.39, 0.29) is 30.6 Å². The molecule has 0 radical (unpaired) electrons. The molecule has 0 aromatic heterocycles. The summed E-state index contributed by atoms with van der Waals surface area (Å²) in [5.41, 5.74) is 10.8. The van der Waals surface area contributed by atoms with Crippen molar-refractivity contribution in [3.05, 3.63) is 88.4 Å². The number of hydrazine groups is 1. The number of anilines is 1. The summed E-state index contributed by atoms with van der Waals surface area (Å²) in [6.45, 7) is 2.79. The van der Waals surface area contributed by atoms with E-state index in [9.17, 15) is 19.6 Å². The predicted octanol–water partition coefficient (Wildman–Crippen LogP) is 1.16. The van der Waals surface area contributed by atoms with Crippen LogP contribution in [0.5, 0.6) is 5.75 Å². The molecule has 224 valence electrons.